The molecule has 3 atom stereocenters. The first-order valence-corrected chi connectivity index (χ1v) is 3.90. The van der Waals surface area contributed by atoms with Gasteiger partial charge >= 0.3 is 0 Å². The van der Waals surface area contributed by atoms with Crippen molar-refractivity contribution in [2.24, 2.45) is 0 Å². The highest BCUT2D eigenvalue weighted by Crippen LogP contribution is 2.19. The second kappa shape index (κ2) is 3.47. The van der Waals surface area contributed by atoms with E-state index in [-0.39, 0.29) is 5.83 Å². The SMILES string of the molecule is B[C@@H]1O[C@H](OCP)C=C1F. The molecule has 1 unspecified atom stereocenters. The van der Waals surface area contributed by atoms with Crippen LogP contribution in [0.25, 0.3) is 0 Å². The van der Waals surface area contributed by atoms with Crippen molar-refractivity contribution in [2.75, 3.05) is 6.35 Å². The standard InChI is InChI=1S/C5H9BFO2P/c6-5-3(7)1-4(9-5)8-2-10/h1,4-5H,2,6,10H2/t4-,5+/m0/s1. The molecule has 0 aromatic rings. The number of hydrogen-bond donors (Lipinski definition) is 0. The molecule has 2 nitrogen and oxygen atoms in total. The molecule has 0 aromatic carbocycles. The molecule has 0 spiro atoms. The van der Waals surface area contributed by atoms with Crippen molar-refractivity contribution < 1.29 is 13.9 Å². The summed E-state index contributed by atoms with van der Waals surface area (Å²) >= 11 is 0. The molecule has 1 rings (SSSR count). The fourth-order valence-electron chi connectivity index (χ4n) is 0.753. The molecule has 1 aliphatic rings. The maximum Gasteiger partial charge on any atom is 0.179 e. The lowest BCUT2D eigenvalue weighted by atomic mass is 10.0. The van der Waals surface area contributed by atoms with Gasteiger partial charge in [0.15, 0.2) is 6.29 Å². The first-order valence-electron chi connectivity index (χ1n) is 3.08. The molecule has 0 saturated heterocycles. The van der Waals surface area contributed by atoms with E-state index >= 15 is 0 Å². The van der Waals surface area contributed by atoms with Crippen molar-refractivity contribution >= 4 is 17.1 Å². The second-order valence-corrected chi connectivity index (χ2v) is 2.36. The third kappa shape index (κ3) is 1.78. The molecule has 5 heteroatoms. The van der Waals surface area contributed by atoms with Crippen molar-refractivity contribution in [3.8, 4) is 0 Å². The van der Waals surface area contributed by atoms with Gasteiger partial charge in [-0.05, 0) is 0 Å². The Labute approximate surface area is 62.4 Å². The minimum atomic E-state index is -0.493. The van der Waals surface area contributed by atoms with Gasteiger partial charge in [-0.3, -0.25) is 0 Å². The first kappa shape index (κ1) is 8.18. The first-order chi connectivity index (χ1) is 4.74. The van der Waals surface area contributed by atoms with Crippen LogP contribution < -0.4 is 0 Å². The van der Waals surface area contributed by atoms with Gasteiger partial charge in [-0.15, -0.1) is 9.24 Å². The lowest BCUT2D eigenvalue weighted by molar-refractivity contribution is -0.0870. The quantitative estimate of drug-likeness (QED) is 0.420. The summed E-state index contributed by atoms with van der Waals surface area (Å²) in [4.78, 5) is 0. The van der Waals surface area contributed by atoms with E-state index in [1.807, 2.05) is 0 Å². The van der Waals surface area contributed by atoms with Gasteiger partial charge in [0.05, 0.1) is 12.4 Å². The number of ether oxygens (including phenoxy) is 2. The number of rotatable bonds is 2. The van der Waals surface area contributed by atoms with Crippen molar-refractivity contribution in [1.82, 2.24) is 0 Å². The molecule has 0 saturated carbocycles. The minimum Gasteiger partial charge on any atom is -0.348 e. The van der Waals surface area contributed by atoms with E-state index in [0.29, 0.717) is 6.35 Å². The normalized spacial score (nSPS) is 32.4. The van der Waals surface area contributed by atoms with Crippen molar-refractivity contribution in [2.45, 2.75) is 12.3 Å². The van der Waals surface area contributed by atoms with E-state index in [2.05, 4.69) is 9.24 Å². The van der Waals surface area contributed by atoms with Gasteiger partial charge in [-0.2, -0.15) is 0 Å². The highest BCUT2D eigenvalue weighted by molar-refractivity contribution is 7.16. The number of hydrogen-bond acceptors (Lipinski definition) is 2. The topological polar surface area (TPSA) is 18.5 Å². The predicted octanol–water partition coefficient (Wildman–Crippen LogP) is 0.00450. The van der Waals surface area contributed by atoms with Gasteiger partial charge in [0.2, 0.25) is 0 Å². The molecule has 0 aromatic heterocycles. The van der Waals surface area contributed by atoms with Crippen LogP contribution in [0.5, 0.6) is 0 Å². The zero-order chi connectivity index (χ0) is 7.56. The summed E-state index contributed by atoms with van der Waals surface area (Å²) in [5, 5.41) is 0. The van der Waals surface area contributed by atoms with Gasteiger partial charge in [0.1, 0.15) is 13.7 Å². The van der Waals surface area contributed by atoms with E-state index in [1.165, 1.54) is 6.08 Å². The molecule has 0 amide bonds. The largest absolute Gasteiger partial charge is 0.348 e. The summed E-state index contributed by atoms with van der Waals surface area (Å²) in [5.74, 6) is -0.247. The Morgan fingerprint density at radius 2 is 2.60 bits per heavy atom. The average Bonchev–Trinajstić information content (AvgIpc) is 2.14. The van der Waals surface area contributed by atoms with Crippen molar-refractivity contribution in [3.05, 3.63) is 11.9 Å². The maximum absolute atomic E-state index is 12.5. The smallest absolute Gasteiger partial charge is 0.179 e. The summed E-state index contributed by atoms with van der Waals surface area (Å²) in [7, 11) is 4.03. The monoisotopic (exact) mass is 162 g/mol. The molecule has 0 aliphatic carbocycles. The molecule has 1 heterocycles. The summed E-state index contributed by atoms with van der Waals surface area (Å²) < 4.78 is 22.5. The Morgan fingerprint density at radius 1 is 1.90 bits per heavy atom. The summed E-state index contributed by atoms with van der Waals surface area (Å²) in [5.41, 5.74) is 0. The Kier molecular flexibility index (Phi) is 2.84. The van der Waals surface area contributed by atoms with Crippen LogP contribution in [0.3, 0.4) is 0 Å². The van der Waals surface area contributed by atoms with E-state index in [9.17, 15) is 4.39 Å². The van der Waals surface area contributed by atoms with Crippen molar-refractivity contribution in [1.29, 1.82) is 0 Å². The molecule has 0 radical (unpaired) electrons. The average molecular weight is 162 g/mol. The van der Waals surface area contributed by atoms with E-state index in [4.69, 9.17) is 9.47 Å². The third-order valence-electron chi connectivity index (χ3n) is 1.28. The maximum atomic E-state index is 12.5. The molecule has 10 heavy (non-hydrogen) atoms. The molecule has 0 fully saturated rings. The molecule has 56 valence electrons. The van der Waals surface area contributed by atoms with Crippen LogP contribution >= 0.6 is 9.24 Å². The lowest BCUT2D eigenvalue weighted by Crippen LogP contribution is -2.15. The molecular formula is C5H9BFO2P. The van der Waals surface area contributed by atoms with Crippen molar-refractivity contribution in [3.63, 3.8) is 0 Å². The zero-order valence-corrected chi connectivity index (χ0v) is 6.87. The van der Waals surface area contributed by atoms with E-state index < -0.39 is 12.3 Å². The molecule has 0 N–H and O–H groups in total. The zero-order valence-electron chi connectivity index (χ0n) is 5.71. The third-order valence-corrected chi connectivity index (χ3v) is 1.47. The lowest BCUT2D eigenvalue weighted by Gasteiger charge is -2.09. The highest BCUT2D eigenvalue weighted by atomic mass is 31.0. The van der Waals surface area contributed by atoms with Crippen LogP contribution in [0.2, 0.25) is 0 Å². The van der Waals surface area contributed by atoms with Gasteiger partial charge in [0.25, 0.3) is 0 Å². The van der Waals surface area contributed by atoms with Crippen LogP contribution in [-0.4, -0.2) is 26.5 Å². The summed E-state index contributed by atoms with van der Waals surface area (Å²) in [6.45, 7) is 0. The Hall–Kier alpha value is 0.0849. The Bertz CT molecular complexity index is 153. The Morgan fingerprint density at radius 3 is 3.00 bits per heavy atom. The van der Waals surface area contributed by atoms with E-state index in [0.717, 1.165) is 0 Å². The highest BCUT2D eigenvalue weighted by Gasteiger charge is 2.23. The van der Waals surface area contributed by atoms with Crippen LogP contribution in [-0.2, 0) is 9.47 Å². The van der Waals surface area contributed by atoms with Gasteiger partial charge < -0.3 is 9.47 Å². The molecule has 0 bridgehead atoms. The van der Waals surface area contributed by atoms with Crippen LogP contribution in [0.1, 0.15) is 0 Å². The van der Waals surface area contributed by atoms with E-state index in [1.54, 1.807) is 7.85 Å². The second-order valence-electron chi connectivity index (χ2n) is 2.03. The molecular weight excluding hydrogens is 153 g/mol. The van der Waals surface area contributed by atoms with Gasteiger partial charge in [-0.1, -0.05) is 0 Å². The molecule has 1 aliphatic heterocycles. The van der Waals surface area contributed by atoms with Gasteiger partial charge in [0, 0.05) is 6.08 Å². The Balaban J connectivity index is 2.40. The summed E-state index contributed by atoms with van der Waals surface area (Å²) in [6, 6.07) is -0.443. The summed E-state index contributed by atoms with van der Waals surface area (Å²) in [6.07, 6.45) is 1.31. The van der Waals surface area contributed by atoms with Crippen LogP contribution in [0.4, 0.5) is 4.39 Å². The van der Waals surface area contributed by atoms with Crippen LogP contribution in [0.15, 0.2) is 11.9 Å². The predicted molar refractivity (Wildman–Crippen MR) is 42.1 cm³/mol. The fraction of sp³-hybridized carbons (Fsp3) is 0.600. The number of halogens is 1. The van der Waals surface area contributed by atoms with Crippen LogP contribution in [0, 0.1) is 0 Å². The van der Waals surface area contributed by atoms with Gasteiger partial charge in [-0.25, -0.2) is 4.39 Å². The fourth-order valence-corrected chi connectivity index (χ4v) is 0.943. The minimum absolute atomic E-state index is 0.247.